The van der Waals surface area contributed by atoms with E-state index in [1.165, 1.54) is 0 Å². The summed E-state index contributed by atoms with van der Waals surface area (Å²) in [4.78, 5) is 4.20. The van der Waals surface area contributed by atoms with E-state index in [1.807, 2.05) is 25.5 Å². The Morgan fingerprint density at radius 3 is 2.30 bits per heavy atom. The highest BCUT2D eigenvalue weighted by Gasteiger charge is 2.03. The first kappa shape index (κ1) is 6.88. The molecule has 0 amide bonds. The topological polar surface area (TPSA) is 17.8 Å². The molecule has 0 atom stereocenters. The summed E-state index contributed by atoms with van der Waals surface area (Å²) in [6.07, 6.45) is 5.25. The second-order valence-electron chi connectivity index (χ2n) is 2.30. The van der Waals surface area contributed by atoms with Gasteiger partial charge in [-0.25, -0.2) is 4.98 Å². The summed E-state index contributed by atoms with van der Waals surface area (Å²) in [5.74, 6) is 3.55. The van der Waals surface area contributed by atoms with Gasteiger partial charge in [0.15, 0.2) is 0 Å². The average molecular weight is 134 g/mol. The first-order valence-electron chi connectivity index (χ1n) is 3.13. The predicted molar refractivity (Wildman–Crippen MR) is 40.6 cm³/mol. The van der Waals surface area contributed by atoms with Gasteiger partial charge in [0.25, 0.3) is 0 Å². The van der Waals surface area contributed by atoms with Crippen LogP contribution in [0, 0.1) is 26.2 Å². The van der Waals surface area contributed by atoms with Crippen molar-refractivity contribution in [3.8, 4) is 12.3 Å². The highest BCUT2D eigenvalue weighted by Crippen LogP contribution is 2.05. The summed E-state index contributed by atoms with van der Waals surface area (Å²) >= 11 is 0. The lowest BCUT2D eigenvalue weighted by Crippen LogP contribution is -1.94. The molecule has 0 radical (unpaired) electrons. The van der Waals surface area contributed by atoms with Crippen LogP contribution >= 0.6 is 0 Å². The van der Waals surface area contributed by atoms with E-state index in [1.54, 1.807) is 0 Å². The Morgan fingerprint density at radius 1 is 1.50 bits per heavy atom. The minimum atomic E-state index is 0.873. The van der Waals surface area contributed by atoms with Crippen molar-refractivity contribution in [2.75, 3.05) is 0 Å². The molecule has 2 heteroatoms. The van der Waals surface area contributed by atoms with E-state index in [9.17, 15) is 0 Å². The van der Waals surface area contributed by atoms with Gasteiger partial charge in [0, 0.05) is 7.05 Å². The molecule has 0 saturated carbocycles. The van der Waals surface area contributed by atoms with Gasteiger partial charge in [0.05, 0.1) is 5.69 Å². The van der Waals surface area contributed by atoms with Crippen molar-refractivity contribution in [3.05, 3.63) is 17.2 Å². The summed E-state index contributed by atoms with van der Waals surface area (Å²) < 4.78 is 1.91. The Kier molecular flexibility index (Phi) is 1.50. The number of terminal acetylenes is 1. The van der Waals surface area contributed by atoms with Gasteiger partial charge in [-0.1, -0.05) is 5.92 Å². The second-order valence-corrected chi connectivity index (χ2v) is 2.30. The van der Waals surface area contributed by atoms with Gasteiger partial charge in [-0.3, -0.25) is 0 Å². The number of aromatic nitrogens is 2. The smallest absolute Gasteiger partial charge is 0.114 e. The number of hydrogen-bond donors (Lipinski definition) is 0. The molecule has 1 rings (SSSR count). The van der Waals surface area contributed by atoms with E-state index in [2.05, 4.69) is 10.9 Å². The first-order valence-corrected chi connectivity index (χ1v) is 3.13. The minimum absolute atomic E-state index is 0.873. The van der Waals surface area contributed by atoms with Crippen LogP contribution in [0.25, 0.3) is 0 Å². The van der Waals surface area contributed by atoms with Gasteiger partial charge in [-0.05, 0) is 13.8 Å². The molecule has 0 saturated heterocycles. The third-order valence-electron chi connectivity index (χ3n) is 1.63. The molecular weight excluding hydrogens is 124 g/mol. The summed E-state index contributed by atoms with van der Waals surface area (Å²) in [6, 6.07) is 0. The standard InChI is InChI=1S/C8H10N2/c1-5-8-6(2)9-7(3)10(8)4/h1H,2-4H3. The largest absolute Gasteiger partial charge is 0.325 e. The maximum absolute atomic E-state index is 5.25. The number of hydrogen-bond acceptors (Lipinski definition) is 1. The van der Waals surface area contributed by atoms with Crippen LogP contribution in [-0.2, 0) is 7.05 Å². The van der Waals surface area contributed by atoms with Crippen molar-refractivity contribution in [2.24, 2.45) is 7.05 Å². The van der Waals surface area contributed by atoms with Crippen LogP contribution in [0.1, 0.15) is 17.2 Å². The Morgan fingerprint density at radius 2 is 2.10 bits per heavy atom. The highest BCUT2D eigenvalue weighted by molar-refractivity contribution is 5.31. The molecule has 52 valence electrons. The van der Waals surface area contributed by atoms with E-state index in [0.29, 0.717) is 0 Å². The molecule has 1 aromatic heterocycles. The molecule has 0 spiro atoms. The molecule has 0 N–H and O–H groups in total. The first-order chi connectivity index (χ1) is 4.66. The van der Waals surface area contributed by atoms with Gasteiger partial charge in [0.2, 0.25) is 0 Å². The van der Waals surface area contributed by atoms with Crippen molar-refractivity contribution in [2.45, 2.75) is 13.8 Å². The molecule has 0 unspecified atom stereocenters. The van der Waals surface area contributed by atoms with Crippen molar-refractivity contribution < 1.29 is 0 Å². The van der Waals surface area contributed by atoms with Gasteiger partial charge >= 0.3 is 0 Å². The lowest BCUT2D eigenvalue weighted by Gasteiger charge is -1.94. The van der Waals surface area contributed by atoms with Crippen LogP contribution < -0.4 is 0 Å². The van der Waals surface area contributed by atoms with Crippen LogP contribution in [0.4, 0.5) is 0 Å². The monoisotopic (exact) mass is 134 g/mol. The Bertz CT molecular complexity index is 289. The molecule has 1 heterocycles. The van der Waals surface area contributed by atoms with Crippen molar-refractivity contribution in [1.82, 2.24) is 9.55 Å². The fraction of sp³-hybridized carbons (Fsp3) is 0.375. The molecule has 1 aromatic rings. The molecule has 0 aliphatic rings. The van der Waals surface area contributed by atoms with E-state index >= 15 is 0 Å². The number of nitrogens with zero attached hydrogens (tertiary/aromatic N) is 2. The average Bonchev–Trinajstić information content (AvgIpc) is 2.09. The number of rotatable bonds is 0. The summed E-state index contributed by atoms with van der Waals surface area (Å²) in [6.45, 7) is 3.86. The molecule has 2 nitrogen and oxygen atoms in total. The molecule has 0 fully saturated rings. The Hall–Kier alpha value is -1.23. The molecule has 0 bridgehead atoms. The zero-order valence-corrected chi connectivity index (χ0v) is 6.47. The molecular formula is C8H10N2. The van der Waals surface area contributed by atoms with Crippen molar-refractivity contribution in [1.29, 1.82) is 0 Å². The normalized spacial score (nSPS) is 9.40. The molecule has 0 aromatic carbocycles. The predicted octanol–water partition coefficient (Wildman–Crippen LogP) is 1.02. The van der Waals surface area contributed by atoms with E-state index < -0.39 is 0 Å². The van der Waals surface area contributed by atoms with Gasteiger partial charge in [0.1, 0.15) is 11.5 Å². The fourth-order valence-electron chi connectivity index (χ4n) is 0.976. The van der Waals surface area contributed by atoms with Gasteiger partial charge < -0.3 is 4.57 Å². The van der Waals surface area contributed by atoms with Crippen molar-refractivity contribution >= 4 is 0 Å². The SMILES string of the molecule is C#Cc1c(C)nc(C)n1C. The Labute approximate surface area is 60.9 Å². The molecule has 0 aliphatic heterocycles. The zero-order chi connectivity index (χ0) is 7.72. The maximum Gasteiger partial charge on any atom is 0.114 e. The third kappa shape index (κ3) is 0.801. The number of imidazole rings is 1. The third-order valence-corrected chi connectivity index (χ3v) is 1.63. The van der Waals surface area contributed by atoms with Crippen LogP contribution in [0.2, 0.25) is 0 Å². The highest BCUT2D eigenvalue weighted by atomic mass is 15.1. The summed E-state index contributed by atoms with van der Waals surface area (Å²) in [5, 5.41) is 0. The summed E-state index contributed by atoms with van der Waals surface area (Å²) in [5.41, 5.74) is 1.81. The Balaban J connectivity index is 3.37. The lowest BCUT2D eigenvalue weighted by molar-refractivity contribution is 0.847. The number of aryl methyl sites for hydroxylation is 2. The van der Waals surface area contributed by atoms with Crippen LogP contribution in [-0.4, -0.2) is 9.55 Å². The van der Waals surface area contributed by atoms with Gasteiger partial charge in [-0.2, -0.15) is 0 Å². The summed E-state index contributed by atoms with van der Waals surface area (Å²) in [7, 11) is 1.92. The van der Waals surface area contributed by atoms with Crippen LogP contribution in [0.5, 0.6) is 0 Å². The van der Waals surface area contributed by atoms with E-state index in [4.69, 9.17) is 6.42 Å². The van der Waals surface area contributed by atoms with Crippen LogP contribution in [0.15, 0.2) is 0 Å². The fourth-order valence-corrected chi connectivity index (χ4v) is 0.976. The maximum atomic E-state index is 5.25. The molecule has 10 heavy (non-hydrogen) atoms. The lowest BCUT2D eigenvalue weighted by atomic mass is 10.3. The minimum Gasteiger partial charge on any atom is -0.325 e. The van der Waals surface area contributed by atoms with Gasteiger partial charge in [-0.15, -0.1) is 6.42 Å². The quantitative estimate of drug-likeness (QED) is 0.484. The van der Waals surface area contributed by atoms with Crippen LogP contribution in [0.3, 0.4) is 0 Å². The molecule has 0 aliphatic carbocycles. The van der Waals surface area contributed by atoms with E-state index in [0.717, 1.165) is 17.2 Å². The van der Waals surface area contributed by atoms with Crippen molar-refractivity contribution in [3.63, 3.8) is 0 Å². The second kappa shape index (κ2) is 2.18. The zero-order valence-electron chi connectivity index (χ0n) is 6.47. The van der Waals surface area contributed by atoms with E-state index in [-0.39, 0.29) is 0 Å².